The summed E-state index contributed by atoms with van der Waals surface area (Å²) in [7, 11) is 0. The van der Waals surface area contributed by atoms with Gasteiger partial charge in [0.25, 0.3) is 0 Å². The SMILES string of the molecule is Cl.Cl.Cl.Cl.c1ccc(N2CCN(CCCOc3cccc(NC4=NCCC4)c3)CC2)cc1. The number of aliphatic imine (C=N–C) groups is 1. The molecule has 0 saturated carbocycles. The van der Waals surface area contributed by atoms with Crippen molar-refractivity contribution < 1.29 is 4.74 Å². The number of amidine groups is 1. The van der Waals surface area contributed by atoms with Gasteiger partial charge in [-0.15, -0.1) is 49.6 Å². The van der Waals surface area contributed by atoms with Gasteiger partial charge in [0, 0.05) is 63.1 Å². The van der Waals surface area contributed by atoms with Gasteiger partial charge in [-0.25, -0.2) is 0 Å². The lowest BCUT2D eigenvalue weighted by Gasteiger charge is -2.36. The molecule has 0 aliphatic carbocycles. The van der Waals surface area contributed by atoms with Gasteiger partial charge in [0.1, 0.15) is 11.6 Å². The lowest BCUT2D eigenvalue weighted by Crippen LogP contribution is -2.46. The van der Waals surface area contributed by atoms with E-state index in [1.165, 1.54) is 5.69 Å². The van der Waals surface area contributed by atoms with Crippen LogP contribution in [0, 0.1) is 0 Å². The fourth-order valence-corrected chi connectivity index (χ4v) is 3.82. The fourth-order valence-electron chi connectivity index (χ4n) is 3.82. The minimum Gasteiger partial charge on any atom is -0.493 e. The molecule has 0 aromatic heterocycles. The first-order valence-corrected chi connectivity index (χ1v) is 10.4. The van der Waals surface area contributed by atoms with Gasteiger partial charge in [-0.3, -0.25) is 9.89 Å². The quantitative estimate of drug-likeness (QED) is 0.481. The minimum absolute atomic E-state index is 0. The van der Waals surface area contributed by atoms with Gasteiger partial charge >= 0.3 is 0 Å². The highest BCUT2D eigenvalue weighted by Crippen LogP contribution is 2.19. The fraction of sp³-hybridized carbons (Fsp3) is 0.435. The number of para-hydroxylation sites is 1. The number of hydrogen-bond donors (Lipinski definition) is 1. The molecule has 2 heterocycles. The van der Waals surface area contributed by atoms with E-state index in [9.17, 15) is 0 Å². The highest BCUT2D eigenvalue weighted by Gasteiger charge is 2.16. The van der Waals surface area contributed by atoms with E-state index < -0.39 is 0 Å². The number of nitrogens with one attached hydrogen (secondary N) is 1. The molecule has 0 spiro atoms. The van der Waals surface area contributed by atoms with Crippen molar-refractivity contribution in [3.8, 4) is 5.75 Å². The highest BCUT2D eigenvalue weighted by atomic mass is 35.5. The van der Waals surface area contributed by atoms with Crippen molar-refractivity contribution in [2.75, 3.05) is 56.1 Å². The number of anilines is 2. The summed E-state index contributed by atoms with van der Waals surface area (Å²) < 4.78 is 5.98. The Balaban J connectivity index is 0.00000240. The minimum atomic E-state index is 0. The number of benzene rings is 2. The van der Waals surface area contributed by atoms with Gasteiger partial charge in [-0.05, 0) is 37.1 Å². The van der Waals surface area contributed by atoms with Gasteiger partial charge in [-0.2, -0.15) is 0 Å². The van der Waals surface area contributed by atoms with E-state index in [1.54, 1.807) is 0 Å². The molecule has 32 heavy (non-hydrogen) atoms. The van der Waals surface area contributed by atoms with Gasteiger partial charge in [0.15, 0.2) is 0 Å². The van der Waals surface area contributed by atoms with Crippen LogP contribution in [0.25, 0.3) is 0 Å². The van der Waals surface area contributed by atoms with E-state index in [0.717, 1.165) is 82.4 Å². The predicted octanol–water partition coefficient (Wildman–Crippen LogP) is 5.57. The summed E-state index contributed by atoms with van der Waals surface area (Å²) in [4.78, 5) is 9.48. The summed E-state index contributed by atoms with van der Waals surface area (Å²) in [5, 5.41) is 3.40. The third-order valence-corrected chi connectivity index (χ3v) is 5.38. The Bertz CT molecular complexity index is 787. The molecule has 2 aliphatic rings. The van der Waals surface area contributed by atoms with Gasteiger partial charge < -0.3 is 15.0 Å². The van der Waals surface area contributed by atoms with Crippen molar-refractivity contribution in [1.82, 2.24) is 4.90 Å². The second-order valence-electron chi connectivity index (χ2n) is 7.45. The smallest absolute Gasteiger partial charge is 0.121 e. The van der Waals surface area contributed by atoms with Crippen molar-refractivity contribution in [3.63, 3.8) is 0 Å². The molecule has 0 atom stereocenters. The number of rotatable bonds is 7. The molecule has 0 unspecified atom stereocenters. The van der Waals surface area contributed by atoms with E-state index in [-0.39, 0.29) is 49.6 Å². The molecule has 1 saturated heterocycles. The van der Waals surface area contributed by atoms with Crippen molar-refractivity contribution in [2.24, 2.45) is 4.99 Å². The standard InChI is InChI=1S/C23H30N4O.4ClH/c1-2-8-21(9-3-1)27-16-14-26(15-17-27)13-6-18-28-22-10-4-7-20(19-22)25-23-11-5-12-24-23;;;;/h1-4,7-10,19H,5-6,11-18H2,(H,24,25);4*1H. The second kappa shape index (κ2) is 16.3. The molecule has 2 aliphatic heterocycles. The molecule has 4 rings (SSSR count). The van der Waals surface area contributed by atoms with E-state index in [2.05, 4.69) is 62.6 Å². The van der Waals surface area contributed by atoms with Crippen molar-refractivity contribution in [3.05, 3.63) is 54.6 Å². The van der Waals surface area contributed by atoms with Crippen LogP contribution in [-0.4, -0.2) is 56.6 Å². The first-order valence-electron chi connectivity index (χ1n) is 10.4. The van der Waals surface area contributed by atoms with Crippen LogP contribution in [-0.2, 0) is 0 Å². The van der Waals surface area contributed by atoms with Gasteiger partial charge in [0.05, 0.1) is 6.61 Å². The summed E-state index contributed by atoms with van der Waals surface area (Å²) in [5.74, 6) is 2.02. The summed E-state index contributed by atoms with van der Waals surface area (Å²) in [6, 6.07) is 18.9. The van der Waals surface area contributed by atoms with Crippen LogP contribution in [0.5, 0.6) is 5.75 Å². The topological polar surface area (TPSA) is 40.1 Å². The van der Waals surface area contributed by atoms with Crippen molar-refractivity contribution >= 4 is 66.8 Å². The molecule has 9 heteroatoms. The Morgan fingerprint density at radius 1 is 0.875 bits per heavy atom. The second-order valence-corrected chi connectivity index (χ2v) is 7.45. The average molecular weight is 524 g/mol. The molecule has 0 amide bonds. The summed E-state index contributed by atoms with van der Waals surface area (Å²) in [6.07, 6.45) is 3.25. The van der Waals surface area contributed by atoms with Gasteiger partial charge in [0.2, 0.25) is 0 Å². The number of piperazine rings is 1. The molecule has 1 fully saturated rings. The molecule has 1 N–H and O–H groups in total. The van der Waals surface area contributed by atoms with E-state index >= 15 is 0 Å². The first kappa shape index (κ1) is 30.6. The number of nitrogens with zero attached hydrogens (tertiary/aromatic N) is 3. The van der Waals surface area contributed by atoms with E-state index in [0.29, 0.717) is 0 Å². The molecule has 180 valence electrons. The van der Waals surface area contributed by atoms with Crippen molar-refractivity contribution in [1.29, 1.82) is 0 Å². The van der Waals surface area contributed by atoms with Crippen LogP contribution in [0.4, 0.5) is 11.4 Å². The Labute approximate surface area is 216 Å². The van der Waals surface area contributed by atoms with Crippen molar-refractivity contribution in [2.45, 2.75) is 19.3 Å². The lowest BCUT2D eigenvalue weighted by molar-refractivity contribution is 0.225. The average Bonchev–Trinajstić information content (AvgIpc) is 3.26. The monoisotopic (exact) mass is 522 g/mol. The third-order valence-electron chi connectivity index (χ3n) is 5.38. The number of ether oxygens (including phenoxy) is 1. The Morgan fingerprint density at radius 2 is 1.62 bits per heavy atom. The van der Waals surface area contributed by atoms with Gasteiger partial charge in [-0.1, -0.05) is 24.3 Å². The largest absolute Gasteiger partial charge is 0.493 e. The molecule has 2 aromatic carbocycles. The molecular formula is C23H34Cl4N4O. The number of hydrogen-bond acceptors (Lipinski definition) is 5. The summed E-state index contributed by atoms with van der Waals surface area (Å²) >= 11 is 0. The first-order chi connectivity index (χ1) is 13.9. The number of halogens is 4. The maximum Gasteiger partial charge on any atom is 0.121 e. The van der Waals surface area contributed by atoms with Crippen LogP contribution < -0.4 is 15.0 Å². The maximum atomic E-state index is 5.98. The summed E-state index contributed by atoms with van der Waals surface area (Å²) in [5.41, 5.74) is 2.40. The van der Waals surface area contributed by atoms with Crippen LogP contribution in [0.3, 0.4) is 0 Å². The van der Waals surface area contributed by atoms with Crippen LogP contribution in [0.15, 0.2) is 59.6 Å². The van der Waals surface area contributed by atoms with E-state index in [1.807, 2.05) is 12.1 Å². The molecule has 0 bridgehead atoms. The highest BCUT2D eigenvalue weighted by molar-refractivity contribution is 5.96. The normalized spacial score (nSPS) is 15.2. The van der Waals surface area contributed by atoms with Crippen LogP contribution in [0.1, 0.15) is 19.3 Å². The zero-order valence-corrected chi connectivity index (χ0v) is 21.4. The predicted molar refractivity (Wildman–Crippen MR) is 146 cm³/mol. The molecule has 2 aromatic rings. The summed E-state index contributed by atoms with van der Waals surface area (Å²) in [6.45, 7) is 7.23. The Hall–Kier alpha value is -1.37. The zero-order chi connectivity index (χ0) is 19.0. The molecular weight excluding hydrogens is 490 g/mol. The van der Waals surface area contributed by atoms with Crippen LogP contribution in [0.2, 0.25) is 0 Å². The zero-order valence-electron chi connectivity index (χ0n) is 18.2. The third kappa shape index (κ3) is 9.24. The molecule has 5 nitrogen and oxygen atoms in total. The molecule has 0 radical (unpaired) electrons. The maximum absolute atomic E-state index is 5.98. The Morgan fingerprint density at radius 3 is 2.31 bits per heavy atom. The van der Waals surface area contributed by atoms with Crippen LogP contribution >= 0.6 is 49.6 Å². The lowest BCUT2D eigenvalue weighted by atomic mass is 10.2. The Kier molecular flexibility index (Phi) is 15.6. The van der Waals surface area contributed by atoms with E-state index in [4.69, 9.17) is 4.74 Å².